The van der Waals surface area contributed by atoms with E-state index in [2.05, 4.69) is 23.8 Å². The number of hydrogen-bond acceptors (Lipinski definition) is 3. The van der Waals surface area contributed by atoms with Crippen LogP contribution in [0.1, 0.15) is 33.4 Å². The first-order valence-electron chi connectivity index (χ1n) is 7.24. The molecule has 0 aliphatic heterocycles. The molecule has 0 saturated heterocycles. The standard InChI is InChI=1S/C17H21ClN2O/c1-11(2)9-14-10-16(18)20-17(19-14)13-5-7-15(8-6-13)21-12(3)4/h5-8,10-12H,9H2,1-4H3. The second kappa shape index (κ2) is 6.90. The summed E-state index contributed by atoms with van der Waals surface area (Å²) in [5, 5.41) is 0.484. The van der Waals surface area contributed by atoms with Gasteiger partial charge in [0, 0.05) is 11.3 Å². The predicted molar refractivity (Wildman–Crippen MR) is 86.8 cm³/mol. The molecule has 3 nitrogen and oxygen atoms in total. The summed E-state index contributed by atoms with van der Waals surface area (Å²) in [6, 6.07) is 9.62. The molecule has 112 valence electrons. The molecule has 0 bridgehead atoms. The van der Waals surface area contributed by atoms with Gasteiger partial charge < -0.3 is 4.74 Å². The van der Waals surface area contributed by atoms with E-state index in [-0.39, 0.29) is 6.10 Å². The lowest BCUT2D eigenvalue weighted by Crippen LogP contribution is -2.05. The second-order valence-corrected chi connectivity index (χ2v) is 6.18. The molecule has 21 heavy (non-hydrogen) atoms. The Hall–Kier alpha value is -1.61. The topological polar surface area (TPSA) is 35.0 Å². The molecule has 1 aromatic carbocycles. The minimum absolute atomic E-state index is 0.163. The third kappa shape index (κ3) is 4.71. The zero-order valence-electron chi connectivity index (χ0n) is 12.9. The van der Waals surface area contributed by atoms with E-state index in [1.807, 2.05) is 44.2 Å². The quantitative estimate of drug-likeness (QED) is 0.745. The number of hydrogen-bond donors (Lipinski definition) is 0. The Morgan fingerprint density at radius 1 is 1.05 bits per heavy atom. The van der Waals surface area contributed by atoms with Gasteiger partial charge in [-0.3, -0.25) is 0 Å². The van der Waals surface area contributed by atoms with Crippen molar-refractivity contribution in [2.75, 3.05) is 0 Å². The van der Waals surface area contributed by atoms with Gasteiger partial charge in [-0.25, -0.2) is 9.97 Å². The van der Waals surface area contributed by atoms with Crippen LogP contribution < -0.4 is 4.74 Å². The highest BCUT2D eigenvalue weighted by Gasteiger charge is 2.08. The molecule has 0 atom stereocenters. The Morgan fingerprint density at radius 2 is 1.71 bits per heavy atom. The first kappa shape index (κ1) is 15.8. The molecule has 0 unspecified atom stereocenters. The van der Waals surface area contributed by atoms with E-state index >= 15 is 0 Å². The number of halogens is 1. The van der Waals surface area contributed by atoms with E-state index in [0.29, 0.717) is 16.9 Å². The van der Waals surface area contributed by atoms with Crippen LogP contribution in [0.3, 0.4) is 0 Å². The highest BCUT2D eigenvalue weighted by Crippen LogP contribution is 2.22. The van der Waals surface area contributed by atoms with Crippen LogP contribution in [0.4, 0.5) is 0 Å². The van der Waals surface area contributed by atoms with Crippen LogP contribution in [0.2, 0.25) is 5.15 Å². The maximum atomic E-state index is 6.11. The molecule has 0 N–H and O–H groups in total. The molecule has 4 heteroatoms. The summed E-state index contributed by atoms with van der Waals surface area (Å²) in [5.41, 5.74) is 1.92. The first-order valence-corrected chi connectivity index (χ1v) is 7.62. The van der Waals surface area contributed by atoms with Crippen LogP contribution in [-0.4, -0.2) is 16.1 Å². The Labute approximate surface area is 131 Å². The number of rotatable bonds is 5. The Bertz CT molecular complexity index is 594. The van der Waals surface area contributed by atoms with E-state index < -0.39 is 0 Å². The zero-order valence-corrected chi connectivity index (χ0v) is 13.7. The number of aromatic nitrogens is 2. The molecule has 0 saturated carbocycles. The lowest BCUT2D eigenvalue weighted by atomic mass is 10.1. The van der Waals surface area contributed by atoms with Crippen LogP contribution in [0.25, 0.3) is 11.4 Å². The Balaban J connectivity index is 2.26. The summed E-state index contributed by atoms with van der Waals surface area (Å²) >= 11 is 6.11. The van der Waals surface area contributed by atoms with Gasteiger partial charge in [-0.2, -0.15) is 0 Å². The molecule has 0 spiro atoms. The number of nitrogens with zero attached hydrogens (tertiary/aromatic N) is 2. The number of benzene rings is 1. The van der Waals surface area contributed by atoms with Crippen molar-refractivity contribution in [2.24, 2.45) is 5.92 Å². The maximum absolute atomic E-state index is 6.11. The minimum atomic E-state index is 0.163. The van der Waals surface area contributed by atoms with Crippen LogP contribution in [0.5, 0.6) is 5.75 Å². The van der Waals surface area contributed by atoms with Crippen LogP contribution in [0.15, 0.2) is 30.3 Å². The van der Waals surface area contributed by atoms with Crippen molar-refractivity contribution in [1.29, 1.82) is 0 Å². The Kier molecular flexibility index (Phi) is 5.18. The molecular formula is C17H21ClN2O. The average molecular weight is 305 g/mol. The SMILES string of the molecule is CC(C)Cc1cc(Cl)nc(-c2ccc(OC(C)C)cc2)n1. The summed E-state index contributed by atoms with van der Waals surface area (Å²) in [5.74, 6) is 2.04. The summed E-state index contributed by atoms with van der Waals surface area (Å²) in [4.78, 5) is 8.91. The van der Waals surface area contributed by atoms with Gasteiger partial charge in [-0.1, -0.05) is 25.4 Å². The molecule has 2 aromatic rings. The minimum Gasteiger partial charge on any atom is -0.491 e. The van der Waals surface area contributed by atoms with Gasteiger partial charge in [-0.05, 0) is 56.5 Å². The summed E-state index contributed by atoms with van der Waals surface area (Å²) < 4.78 is 5.64. The largest absolute Gasteiger partial charge is 0.491 e. The predicted octanol–water partition coefficient (Wildman–Crippen LogP) is 4.78. The van der Waals surface area contributed by atoms with Crippen molar-refractivity contribution < 1.29 is 4.74 Å². The smallest absolute Gasteiger partial charge is 0.161 e. The van der Waals surface area contributed by atoms with E-state index in [1.165, 1.54) is 0 Å². The lowest BCUT2D eigenvalue weighted by Gasteiger charge is -2.10. The first-order chi connectivity index (χ1) is 9.94. The fourth-order valence-electron chi connectivity index (χ4n) is 2.07. The van der Waals surface area contributed by atoms with Gasteiger partial charge in [0.05, 0.1) is 6.10 Å². The van der Waals surface area contributed by atoms with Gasteiger partial charge in [0.2, 0.25) is 0 Å². The van der Waals surface area contributed by atoms with E-state index in [4.69, 9.17) is 16.3 Å². The molecule has 2 rings (SSSR count). The van der Waals surface area contributed by atoms with E-state index in [9.17, 15) is 0 Å². The van der Waals surface area contributed by atoms with Gasteiger partial charge in [0.15, 0.2) is 5.82 Å². The third-order valence-electron chi connectivity index (χ3n) is 2.85. The van der Waals surface area contributed by atoms with Crippen LogP contribution in [-0.2, 0) is 6.42 Å². The normalized spacial score (nSPS) is 11.2. The summed E-state index contributed by atoms with van der Waals surface area (Å²) in [7, 11) is 0. The van der Waals surface area contributed by atoms with Crippen molar-refractivity contribution in [3.63, 3.8) is 0 Å². The molecule has 0 aliphatic carbocycles. The van der Waals surface area contributed by atoms with Crippen LogP contribution >= 0.6 is 11.6 Å². The average Bonchev–Trinajstić information content (AvgIpc) is 2.37. The maximum Gasteiger partial charge on any atom is 0.161 e. The molecule has 0 fully saturated rings. The molecular weight excluding hydrogens is 284 g/mol. The monoisotopic (exact) mass is 304 g/mol. The summed E-state index contributed by atoms with van der Waals surface area (Å²) in [6.45, 7) is 8.33. The summed E-state index contributed by atoms with van der Waals surface area (Å²) in [6.07, 6.45) is 1.06. The van der Waals surface area contributed by atoms with Crippen LogP contribution in [0, 0.1) is 5.92 Å². The third-order valence-corrected chi connectivity index (χ3v) is 3.04. The zero-order chi connectivity index (χ0) is 15.4. The van der Waals surface area contributed by atoms with Crippen molar-refractivity contribution in [2.45, 2.75) is 40.2 Å². The molecule has 0 amide bonds. The van der Waals surface area contributed by atoms with Gasteiger partial charge >= 0.3 is 0 Å². The van der Waals surface area contributed by atoms with E-state index in [0.717, 1.165) is 23.4 Å². The fourth-order valence-corrected chi connectivity index (χ4v) is 2.28. The highest BCUT2D eigenvalue weighted by molar-refractivity contribution is 6.29. The van der Waals surface area contributed by atoms with Crippen molar-refractivity contribution in [1.82, 2.24) is 9.97 Å². The van der Waals surface area contributed by atoms with E-state index in [1.54, 1.807) is 0 Å². The highest BCUT2D eigenvalue weighted by atomic mass is 35.5. The second-order valence-electron chi connectivity index (χ2n) is 5.79. The van der Waals surface area contributed by atoms with Crippen molar-refractivity contribution in [3.8, 4) is 17.1 Å². The van der Waals surface area contributed by atoms with Gasteiger partial charge in [-0.15, -0.1) is 0 Å². The molecule has 0 aliphatic rings. The molecule has 1 heterocycles. The van der Waals surface area contributed by atoms with Crippen molar-refractivity contribution >= 4 is 11.6 Å². The number of ether oxygens (including phenoxy) is 1. The van der Waals surface area contributed by atoms with Gasteiger partial charge in [0.1, 0.15) is 10.9 Å². The fraction of sp³-hybridized carbons (Fsp3) is 0.412. The molecule has 1 aromatic heterocycles. The van der Waals surface area contributed by atoms with Gasteiger partial charge in [0.25, 0.3) is 0 Å². The lowest BCUT2D eigenvalue weighted by molar-refractivity contribution is 0.242. The Morgan fingerprint density at radius 3 is 2.29 bits per heavy atom. The van der Waals surface area contributed by atoms with Crippen molar-refractivity contribution in [3.05, 3.63) is 41.2 Å². The molecule has 0 radical (unpaired) electrons.